The molecule has 1 aromatic carbocycles. The molecule has 14 heavy (non-hydrogen) atoms. The van der Waals surface area contributed by atoms with Gasteiger partial charge in [0.05, 0.1) is 10.5 Å². The van der Waals surface area contributed by atoms with Gasteiger partial charge in [-0.2, -0.15) is 0 Å². The van der Waals surface area contributed by atoms with E-state index >= 15 is 0 Å². The third-order valence-electron chi connectivity index (χ3n) is 1.64. The number of Topliss-reactive ketones (excluding diaryl/α,β-unsaturated/α-hetero) is 1. The number of nitro benzene ring substituents is 1. The maximum atomic E-state index is 13.3. The summed E-state index contributed by atoms with van der Waals surface area (Å²) < 4.78 is 13.0. The van der Waals surface area contributed by atoms with Crippen molar-refractivity contribution in [3.8, 4) is 0 Å². The van der Waals surface area contributed by atoms with Crippen LogP contribution in [0.25, 0.3) is 0 Å². The second kappa shape index (κ2) is 3.83. The molecule has 0 heterocycles. The lowest BCUT2D eigenvalue weighted by Crippen LogP contribution is -2.00. The fourth-order valence-electron chi connectivity index (χ4n) is 0.952. The molecule has 0 aliphatic rings. The van der Waals surface area contributed by atoms with Gasteiger partial charge < -0.3 is 0 Å². The van der Waals surface area contributed by atoms with Gasteiger partial charge in [0.1, 0.15) is 4.47 Å². The Hall–Kier alpha value is -1.30. The zero-order valence-electron chi connectivity index (χ0n) is 7.08. The number of nitrogens with zero attached hydrogens (tertiary/aromatic N) is 1. The van der Waals surface area contributed by atoms with Gasteiger partial charge in [-0.1, -0.05) is 0 Å². The number of rotatable bonds is 2. The summed E-state index contributed by atoms with van der Waals surface area (Å²) in [6, 6.07) is 2.18. The van der Waals surface area contributed by atoms with E-state index in [1.807, 2.05) is 0 Å². The number of hydrogen-bond donors (Lipinski definition) is 0. The van der Waals surface area contributed by atoms with Crippen LogP contribution < -0.4 is 0 Å². The molecule has 0 saturated heterocycles. The number of carbonyl (C=O) groups excluding carboxylic acids is 1. The molecule has 0 saturated carbocycles. The van der Waals surface area contributed by atoms with Crippen molar-refractivity contribution in [1.29, 1.82) is 0 Å². The van der Waals surface area contributed by atoms with Crippen LogP contribution in [0.1, 0.15) is 17.3 Å². The molecule has 0 unspecified atom stereocenters. The minimum atomic E-state index is -0.897. The zero-order chi connectivity index (χ0) is 10.9. The van der Waals surface area contributed by atoms with E-state index in [4.69, 9.17) is 0 Å². The largest absolute Gasteiger partial charge is 0.294 e. The first-order chi connectivity index (χ1) is 6.45. The van der Waals surface area contributed by atoms with E-state index in [9.17, 15) is 19.3 Å². The topological polar surface area (TPSA) is 60.2 Å². The lowest BCUT2D eigenvalue weighted by molar-refractivity contribution is -0.385. The Morgan fingerprint density at radius 3 is 2.57 bits per heavy atom. The molecular formula is C8H5BrFNO3. The molecular weight excluding hydrogens is 257 g/mol. The van der Waals surface area contributed by atoms with Gasteiger partial charge >= 0.3 is 0 Å². The van der Waals surface area contributed by atoms with Gasteiger partial charge in [-0.05, 0) is 28.9 Å². The van der Waals surface area contributed by atoms with Gasteiger partial charge in [0.2, 0.25) is 0 Å². The van der Waals surface area contributed by atoms with E-state index in [1.165, 1.54) is 6.92 Å². The Balaban J connectivity index is 3.41. The highest BCUT2D eigenvalue weighted by atomic mass is 79.9. The number of benzene rings is 1. The van der Waals surface area contributed by atoms with Crippen LogP contribution in [0.15, 0.2) is 16.6 Å². The number of halogens is 2. The smallest absolute Gasteiger partial charge is 0.286 e. The fraction of sp³-hybridized carbons (Fsp3) is 0.125. The van der Waals surface area contributed by atoms with E-state index in [1.54, 1.807) is 0 Å². The predicted molar refractivity (Wildman–Crippen MR) is 50.8 cm³/mol. The SMILES string of the molecule is CC(=O)c1ccc([N+](=O)[O-])c(Br)c1F. The molecule has 0 spiro atoms. The molecule has 0 aliphatic heterocycles. The summed E-state index contributed by atoms with van der Waals surface area (Å²) in [7, 11) is 0. The average Bonchev–Trinajstić information content (AvgIpc) is 2.08. The summed E-state index contributed by atoms with van der Waals surface area (Å²) in [4.78, 5) is 20.5. The molecule has 0 radical (unpaired) electrons. The molecule has 0 amide bonds. The van der Waals surface area contributed by atoms with Crippen molar-refractivity contribution in [3.63, 3.8) is 0 Å². The summed E-state index contributed by atoms with van der Waals surface area (Å²) in [6.45, 7) is 1.19. The highest BCUT2D eigenvalue weighted by Crippen LogP contribution is 2.29. The van der Waals surface area contributed by atoms with Gasteiger partial charge in [0.15, 0.2) is 11.6 Å². The van der Waals surface area contributed by atoms with Crippen LogP contribution in [0.5, 0.6) is 0 Å². The van der Waals surface area contributed by atoms with E-state index in [-0.39, 0.29) is 10.0 Å². The molecule has 0 fully saturated rings. The van der Waals surface area contributed by atoms with Crippen LogP contribution >= 0.6 is 15.9 Å². The first-order valence-corrected chi connectivity index (χ1v) is 4.37. The van der Waals surface area contributed by atoms with Crippen LogP contribution in [0.2, 0.25) is 0 Å². The third-order valence-corrected chi connectivity index (χ3v) is 2.39. The van der Waals surface area contributed by atoms with Gasteiger partial charge in [0, 0.05) is 6.07 Å². The highest BCUT2D eigenvalue weighted by Gasteiger charge is 2.20. The quantitative estimate of drug-likeness (QED) is 0.467. The van der Waals surface area contributed by atoms with Crippen molar-refractivity contribution in [2.45, 2.75) is 6.92 Å². The Bertz CT molecular complexity index is 380. The van der Waals surface area contributed by atoms with Crippen LogP contribution in [0.4, 0.5) is 10.1 Å². The molecule has 4 nitrogen and oxygen atoms in total. The molecule has 0 aliphatic carbocycles. The zero-order valence-corrected chi connectivity index (χ0v) is 8.67. The fourth-order valence-corrected chi connectivity index (χ4v) is 1.44. The number of carbonyl (C=O) groups is 1. The molecule has 0 bridgehead atoms. The lowest BCUT2D eigenvalue weighted by atomic mass is 10.1. The van der Waals surface area contributed by atoms with E-state index in [2.05, 4.69) is 15.9 Å². The molecule has 1 aromatic rings. The molecule has 0 aromatic heterocycles. The van der Waals surface area contributed by atoms with Crippen molar-refractivity contribution in [2.75, 3.05) is 0 Å². The minimum absolute atomic E-state index is 0.164. The Morgan fingerprint density at radius 1 is 1.57 bits per heavy atom. The summed E-state index contributed by atoms with van der Waals surface area (Å²) >= 11 is 2.73. The molecule has 1 rings (SSSR count). The lowest BCUT2D eigenvalue weighted by Gasteiger charge is -2.01. The standard InChI is InChI=1S/C8H5BrFNO3/c1-4(12)5-2-3-6(11(13)14)7(9)8(5)10/h2-3H,1H3. The first kappa shape index (κ1) is 10.8. The van der Waals surface area contributed by atoms with E-state index < -0.39 is 22.2 Å². The molecule has 0 N–H and O–H groups in total. The van der Waals surface area contributed by atoms with Gasteiger partial charge in [-0.15, -0.1) is 0 Å². The molecule has 6 heteroatoms. The maximum Gasteiger partial charge on any atom is 0.286 e. The van der Waals surface area contributed by atoms with Crippen LogP contribution in [-0.4, -0.2) is 10.7 Å². The average molecular weight is 262 g/mol. The summed E-state index contributed by atoms with van der Waals surface area (Å²) in [5.74, 6) is -1.37. The first-order valence-electron chi connectivity index (χ1n) is 3.58. The van der Waals surface area contributed by atoms with Crippen molar-refractivity contribution in [3.05, 3.63) is 38.1 Å². The third kappa shape index (κ3) is 1.79. The number of ketones is 1. The van der Waals surface area contributed by atoms with Crippen LogP contribution in [0, 0.1) is 15.9 Å². The normalized spacial score (nSPS) is 9.93. The van der Waals surface area contributed by atoms with E-state index in [0.29, 0.717) is 0 Å². The Morgan fingerprint density at radius 2 is 2.14 bits per heavy atom. The minimum Gasteiger partial charge on any atom is -0.294 e. The van der Waals surface area contributed by atoms with Gasteiger partial charge in [-0.25, -0.2) is 4.39 Å². The number of nitro groups is 1. The molecule has 74 valence electrons. The summed E-state index contributed by atoms with van der Waals surface area (Å²) in [5.41, 5.74) is -0.560. The van der Waals surface area contributed by atoms with Crippen molar-refractivity contribution in [1.82, 2.24) is 0 Å². The van der Waals surface area contributed by atoms with Crippen molar-refractivity contribution < 1.29 is 14.1 Å². The van der Waals surface area contributed by atoms with E-state index in [0.717, 1.165) is 12.1 Å². The Labute approximate surface area is 87.0 Å². The maximum absolute atomic E-state index is 13.3. The van der Waals surface area contributed by atoms with Crippen LogP contribution in [0.3, 0.4) is 0 Å². The monoisotopic (exact) mass is 261 g/mol. The van der Waals surface area contributed by atoms with Crippen molar-refractivity contribution >= 4 is 27.4 Å². The van der Waals surface area contributed by atoms with Crippen molar-refractivity contribution in [2.24, 2.45) is 0 Å². The number of hydrogen-bond acceptors (Lipinski definition) is 3. The molecule has 0 atom stereocenters. The van der Waals surface area contributed by atoms with Crippen LogP contribution in [-0.2, 0) is 0 Å². The summed E-state index contributed by atoms with van der Waals surface area (Å²) in [5, 5.41) is 10.4. The Kier molecular flexibility index (Phi) is 2.95. The predicted octanol–water partition coefficient (Wildman–Crippen LogP) is 2.70. The van der Waals surface area contributed by atoms with Gasteiger partial charge in [0.25, 0.3) is 5.69 Å². The second-order valence-corrected chi connectivity index (χ2v) is 3.37. The second-order valence-electron chi connectivity index (χ2n) is 2.57. The summed E-state index contributed by atoms with van der Waals surface area (Å²) in [6.07, 6.45) is 0. The van der Waals surface area contributed by atoms with Gasteiger partial charge in [-0.3, -0.25) is 14.9 Å². The highest BCUT2D eigenvalue weighted by molar-refractivity contribution is 9.10.